The Kier molecular flexibility index (Phi) is 7.35. The summed E-state index contributed by atoms with van der Waals surface area (Å²) in [6.07, 6.45) is 3.47. The van der Waals surface area contributed by atoms with Crippen LogP contribution in [0.15, 0.2) is 53.4 Å². The maximum atomic E-state index is 11.4. The van der Waals surface area contributed by atoms with Crippen molar-refractivity contribution in [2.75, 3.05) is 12.4 Å². The first kappa shape index (κ1) is 21.3. The molecule has 7 heteroatoms. The Morgan fingerprint density at radius 2 is 1.74 bits per heavy atom. The van der Waals surface area contributed by atoms with Crippen LogP contribution in [0.4, 0.5) is 5.69 Å². The molecule has 3 N–H and O–H groups in total. The van der Waals surface area contributed by atoms with Crippen molar-refractivity contribution in [2.24, 2.45) is 5.14 Å². The lowest BCUT2D eigenvalue weighted by Crippen LogP contribution is -2.33. The van der Waals surface area contributed by atoms with Gasteiger partial charge in [-0.2, -0.15) is 0 Å². The van der Waals surface area contributed by atoms with Crippen LogP contribution in [0.1, 0.15) is 43.9 Å². The molecule has 0 bridgehead atoms. The first-order valence-electron chi connectivity index (χ1n) is 8.98. The molecule has 0 radical (unpaired) electrons. The van der Waals surface area contributed by atoms with E-state index in [4.69, 9.17) is 17.4 Å². The summed E-state index contributed by atoms with van der Waals surface area (Å²) < 4.78 is 22.8. The van der Waals surface area contributed by atoms with Crippen LogP contribution in [0.2, 0.25) is 0 Å². The number of benzene rings is 2. The lowest BCUT2D eigenvalue weighted by atomic mass is 10.1. The van der Waals surface area contributed by atoms with E-state index in [1.54, 1.807) is 12.1 Å². The molecule has 0 saturated heterocycles. The maximum absolute atomic E-state index is 11.4. The van der Waals surface area contributed by atoms with Crippen LogP contribution in [0.5, 0.6) is 0 Å². The number of primary sulfonamides is 1. The summed E-state index contributed by atoms with van der Waals surface area (Å²) in [6.45, 7) is 4.20. The third kappa shape index (κ3) is 6.02. The predicted octanol–water partition coefficient (Wildman–Crippen LogP) is 4.07. The maximum Gasteiger partial charge on any atom is 0.238 e. The number of nitrogens with one attached hydrogen (secondary N) is 1. The van der Waals surface area contributed by atoms with E-state index in [9.17, 15) is 8.42 Å². The lowest BCUT2D eigenvalue weighted by Gasteiger charge is -2.28. The summed E-state index contributed by atoms with van der Waals surface area (Å²) in [5.74, 6) is 0. The minimum atomic E-state index is -3.68. The normalized spacial score (nSPS) is 12.4. The molecule has 0 aromatic heterocycles. The van der Waals surface area contributed by atoms with Crippen LogP contribution in [0.3, 0.4) is 0 Å². The molecular weight excluding hydrogens is 378 g/mol. The predicted molar refractivity (Wildman–Crippen MR) is 115 cm³/mol. The topological polar surface area (TPSA) is 75.4 Å². The zero-order valence-electron chi connectivity index (χ0n) is 16.0. The molecule has 146 valence electrons. The van der Waals surface area contributed by atoms with E-state index in [1.807, 2.05) is 31.0 Å². The Hall–Kier alpha value is -1.96. The van der Waals surface area contributed by atoms with Crippen molar-refractivity contribution in [2.45, 2.75) is 44.0 Å². The van der Waals surface area contributed by atoms with E-state index >= 15 is 0 Å². The molecular formula is C20H27N3O2S2. The SMILES string of the molecule is CCCCc1ccc(NC(=S)N(C)[C@H](C)c2ccc(S(N)(=O)=O)cc2)cc1. The van der Waals surface area contributed by atoms with Crippen LogP contribution in [0.25, 0.3) is 0 Å². The van der Waals surface area contributed by atoms with Gasteiger partial charge in [-0.3, -0.25) is 0 Å². The van der Waals surface area contributed by atoms with Crippen LogP contribution in [-0.4, -0.2) is 25.5 Å². The molecule has 0 aliphatic carbocycles. The fourth-order valence-corrected chi connectivity index (χ4v) is 3.47. The largest absolute Gasteiger partial charge is 0.345 e. The molecule has 0 aliphatic heterocycles. The number of unbranched alkanes of at least 4 members (excludes halogenated alkanes) is 1. The van der Waals surface area contributed by atoms with E-state index in [-0.39, 0.29) is 10.9 Å². The molecule has 2 aromatic carbocycles. The van der Waals surface area contributed by atoms with Crippen molar-refractivity contribution in [1.82, 2.24) is 4.90 Å². The molecule has 0 saturated carbocycles. The molecule has 27 heavy (non-hydrogen) atoms. The van der Waals surface area contributed by atoms with Crippen molar-refractivity contribution < 1.29 is 8.42 Å². The number of aryl methyl sites for hydroxylation is 1. The Morgan fingerprint density at radius 1 is 1.15 bits per heavy atom. The molecule has 2 rings (SSSR count). The number of anilines is 1. The average Bonchev–Trinajstić information content (AvgIpc) is 2.65. The fraction of sp³-hybridized carbons (Fsp3) is 0.350. The highest BCUT2D eigenvalue weighted by molar-refractivity contribution is 7.89. The van der Waals surface area contributed by atoms with Crippen molar-refractivity contribution >= 4 is 33.0 Å². The van der Waals surface area contributed by atoms with Crippen LogP contribution in [-0.2, 0) is 16.4 Å². The molecule has 5 nitrogen and oxygen atoms in total. The second-order valence-corrected chi connectivity index (χ2v) is 8.58. The lowest BCUT2D eigenvalue weighted by molar-refractivity contribution is 0.408. The van der Waals surface area contributed by atoms with Crippen molar-refractivity contribution in [3.63, 3.8) is 0 Å². The Morgan fingerprint density at radius 3 is 2.26 bits per heavy atom. The average molecular weight is 406 g/mol. The first-order valence-corrected chi connectivity index (χ1v) is 10.9. The molecule has 0 spiro atoms. The fourth-order valence-electron chi connectivity index (χ4n) is 2.68. The quantitative estimate of drug-likeness (QED) is 0.679. The smallest absolute Gasteiger partial charge is 0.238 e. The second kappa shape index (κ2) is 9.30. The monoisotopic (exact) mass is 405 g/mol. The molecule has 1 atom stereocenters. The Bertz CT molecular complexity index is 863. The minimum absolute atomic E-state index is 0.0247. The molecule has 0 amide bonds. The van der Waals surface area contributed by atoms with Gasteiger partial charge in [0.05, 0.1) is 10.9 Å². The number of hydrogen-bond acceptors (Lipinski definition) is 3. The first-order chi connectivity index (χ1) is 12.7. The van der Waals surface area contributed by atoms with Gasteiger partial charge >= 0.3 is 0 Å². The van der Waals surface area contributed by atoms with Gasteiger partial charge < -0.3 is 10.2 Å². The number of hydrogen-bond donors (Lipinski definition) is 2. The second-order valence-electron chi connectivity index (χ2n) is 6.63. The van der Waals surface area contributed by atoms with Gasteiger partial charge in [0.2, 0.25) is 10.0 Å². The van der Waals surface area contributed by atoms with Crippen molar-refractivity contribution in [1.29, 1.82) is 0 Å². The molecule has 0 aliphatic rings. The summed E-state index contributed by atoms with van der Waals surface area (Å²) >= 11 is 5.52. The van der Waals surface area contributed by atoms with E-state index in [1.165, 1.54) is 30.5 Å². The number of rotatable bonds is 7. The van der Waals surface area contributed by atoms with Gasteiger partial charge in [-0.15, -0.1) is 0 Å². The zero-order chi connectivity index (χ0) is 20.0. The summed E-state index contributed by atoms with van der Waals surface area (Å²) in [4.78, 5) is 2.04. The van der Waals surface area contributed by atoms with Crippen molar-refractivity contribution in [3.05, 3.63) is 59.7 Å². The standard InChI is InChI=1S/C20H27N3O2S2/c1-4-5-6-16-7-11-18(12-8-16)22-20(26)23(3)15(2)17-9-13-19(14-10-17)27(21,24)25/h7-15H,4-6H2,1-3H3,(H,22,26)(H2,21,24,25)/t15-/m1/s1. The van der Waals surface area contributed by atoms with Gasteiger partial charge in [-0.05, 0) is 67.4 Å². The molecule has 0 heterocycles. The van der Waals surface area contributed by atoms with Gasteiger partial charge in [0.15, 0.2) is 5.11 Å². The van der Waals surface area contributed by atoms with Crippen LogP contribution >= 0.6 is 12.2 Å². The highest BCUT2D eigenvalue weighted by Gasteiger charge is 2.16. The van der Waals surface area contributed by atoms with Gasteiger partial charge in [-0.1, -0.05) is 37.6 Å². The molecule has 0 unspecified atom stereocenters. The summed E-state index contributed by atoms with van der Waals surface area (Å²) in [5, 5.41) is 8.99. The summed E-state index contributed by atoms with van der Waals surface area (Å²) in [5.41, 5.74) is 3.22. The van der Waals surface area contributed by atoms with Crippen LogP contribution < -0.4 is 10.5 Å². The third-order valence-electron chi connectivity index (χ3n) is 4.62. The van der Waals surface area contributed by atoms with E-state index < -0.39 is 10.0 Å². The van der Waals surface area contributed by atoms with Gasteiger partial charge in [0.25, 0.3) is 0 Å². The molecule has 2 aromatic rings. The van der Waals surface area contributed by atoms with Gasteiger partial charge in [0, 0.05) is 12.7 Å². The van der Waals surface area contributed by atoms with E-state index in [2.05, 4.69) is 24.4 Å². The number of thiocarbonyl (C=S) groups is 1. The Balaban J connectivity index is 2.01. The highest BCUT2D eigenvalue weighted by Crippen LogP contribution is 2.22. The van der Waals surface area contributed by atoms with Crippen molar-refractivity contribution in [3.8, 4) is 0 Å². The Labute approximate surface area is 167 Å². The molecule has 0 fully saturated rings. The van der Waals surface area contributed by atoms with Gasteiger partial charge in [-0.25, -0.2) is 13.6 Å². The summed E-state index contributed by atoms with van der Waals surface area (Å²) in [7, 11) is -1.78. The van der Waals surface area contributed by atoms with Gasteiger partial charge in [0.1, 0.15) is 0 Å². The number of nitrogens with zero attached hydrogens (tertiary/aromatic N) is 1. The number of sulfonamides is 1. The zero-order valence-corrected chi connectivity index (χ0v) is 17.6. The van der Waals surface area contributed by atoms with E-state index in [0.717, 1.165) is 17.7 Å². The van der Waals surface area contributed by atoms with Crippen LogP contribution in [0, 0.1) is 0 Å². The van der Waals surface area contributed by atoms with E-state index in [0.29, 0.717) is 5.11 Å². The summed E-state index contributed by atoms with van der Waals surface area (Å²) in [6, 6.07) is 14.8. The third-order valence-corrected chi connectivity index (χ3v) is 5.94. The number of nitrogens with two attached hydrogens (primary N) is 1. The highest BCUT2D eigenvalue weighted by atomic mass is 32.2. The minimum Gasteiger partial charge on any atom is -0.345 e.